The van der Waals surface area contributed by atoms with E-state index >= 15 is 0 Å². The van der Waals surface area contributed by atoms with Crippen molar-refractivity contribution in [2.75, 3.05) is 26.3 Å². The SMILES string of the molecule is O=C(N[C@H]1C[C@H]2CO[C@@H](CCO)CN2C1)c1ccc(Cl)cc1F. The fourth-order valence-corrected chi connectivity index (χ4v) is 3.46. The van der Waals surface area contributed by atoms with E-state index in [2.05, 4.69) is 10.2 Å². The fourth-order valence-electron chi connectivity index (χ4n) is 3.30. The number of ether oxygens (including phenoxy) is 1. The second-order valence-electron chi connectivity index (χ2n) is 6.11. The molecule has 0 spiro atoms. The average Bonchev–Trinajstić information content (AvgIpc) is 2.88. The molecule has 1 aromatic rings. The summed E-state index contributed by atoms with van der Waals surface area (Å²) in [5.74, 6) is -1.03. The molecule has 2 fully saturated rings. The number of rotatable bonds is 4. The van der Waals surface area contributed by atoms with E-state index < -0.39 is 11.7 Å². The molecular formula is C16H20ClFN2O3. The molecule has 0 unspecified atom stereocenters. The van der Waals surface area contributed by atoms with Crippen LogP contribution in [0.3, 0.4) is 0 Å². The van der Waals surface area contributed by atoms with Crippen molar-refractivity contribution < 1.29 is 19.0 Å². The monoisotopic (exact) mass is 342 g/mol. The lowest BCUT2D eigenvalue weighted by Crippen LogP contribution is -2.46. The Morgan fingerprint density at radius 3 is 3.04 bits per heavy atom. The van der Waals surface area contributed by atoms with Crippen molar-refractivity contribution in [3.8, 4) is 0 Å². The van der Waals surface area contributed by atoms with Crippen molar-refractivity contribution in [2.24, 2.45) is 0 Å². The molecule has 3 rings (SSSR count). The highest BCUT2D eigenvalue weighted by atomic mass is 35.5. The Kier molecular flexibility index (Phi) is 5.16. The summed E-state index contributed by atoms with van der Waals surface area (Å²) in [5.41, 5.74) is 0.00804. The molecule has 5 nitrogen and oxygen atoms in total. The molecule has 2 aliphatic rings. The number of nitrogens with one attached hydrogen (secondary N) is 1. The summed E-state index contributed by atoms with van der Waals surface area (Å²) in [6.07, 6.45) is 1.45. The maximum Gasteiger partial charge on any atom is 0.254 e. The van der Waals surface area contributed by atoms with Crippen molar-refractivity contribution in [3.05, 3.63) is 34.6 Å². The van der Waals surface area contributed by atoms with Crippen molar-refractivity contribution in [2.45, 2.75) is 31.0 Å². The van der Waals surface area contributed by atoms with E-state index in [-0.39, 0.29) is 35.4 Å². The van der Waals surface area contributed by atoms with Gasteiger partial charge in [0.05, 0.1) is 18.3 Å². The highest BCUT2D eigenvalue weighted by Gasteiger charge is 2.37. The zero-order valence-corrected chi connectivity index (χ0v) is 13.4. The number of hydrogen-bond acceptors (Lipinski definition) is 4. The zero-order chi connectivity index (χ0) is 16.4. The standard InChI is InChI=1S/C16H20ClFN2O3/c17-10-1-2-14(15(18)5-10)16(22)19-11-6-12-9-23-13(3-4-21)8-20(12)7-11/h1-2,5,11-13,21H,3-4,6-9H2,(H,19,22)/t11-,12-,13-/m0/s1. The predicted molar refractivity (Wildman–Crippen MR) is 84.1 cm³/mol. The van der Waals surface area contributed by atoms with Crippen LogP contribution in [0.2, 0.25) is 5.02 Å². The van der Waals surface area contributed by atoms with Crippen LogP contribution in [0.25, 0.3) is 0 Å². The van der Waals surface area contributed by atoms with Gasteiger partial charge in [-0.05, 0) is 31.0 Å². The molecule has 0 bridgehead atoms. The Morgan fingerprint density at radius 1 is 1.48 bits per heavy atom. The van der Waals surface area contributed by atoms with Gasteiger partial charge in [0.2, 0.25) is 0 Å². The first-order valence-corrected chi connectivity index (χ1v) is 8.17. The van der Waals surface area contributed by atoms with E-state index in [0.717, 1.165) is 25.6 Å². The largest absolute Gasteiger partial charge is 0.396 e. The van der Waals surface area contributed by atoms with Crippen molar-refractivity contribution in [3.63, 3.8) is 0 Å². The Bertz CT molecular complexity index is 586. The van der Waals surface area contributed by atoms with Crippen LogP contribution in [0.1, 0.15) is 23.2 Å². The third-order valence-corrected chi connectivity index (χ3v) is 4.69. The number of aliphatic hydroxyl groups is 1. The molecule has 2 aliphatic heterocycles. The van der Waals surface area contributed by atoms with Gasteiger partial charge < -0.3 is 15.2 Å². The number of fused-ring (bicyclic) bond motifs is 1. The highest BCUT2D eigenvalue weighted by Crippen LogP contribution is 2.24. The summed E-state index contributed by atoms with van der Waals surface area (Å²) in [6, 6.07) is 4.28. The van der Waals surface area contributed by atoms with Crippen molar-refractivity contribution in [1.82, 2.24) is 10.2 Å². The number of aliphatic hydroxyl groups excluding tert-OH is 1. The van der Waals surface area contributed by atoms with E-state index in [0.29, 0.717) is 13.0 Å². The minimum absolute atomic E-state index is 0.00804. The Balaban J connectivity index is 1.58. The van der Waals surface area contributed by atoms with Gasteiger partial charge >= 0.3 is 0 Å². The van der Waals surface area contributed by atoms with Gasteiger partial charge in [-0.25, -0.2) is 4.39 Å². The van der Waals surface area contributed by atoms with Gasteiger partial charge in [-0.3, -0.25) is 9.69 Å². The quantitative estimate of drug-likeness (QED) is 0.869. The summed E-state index contributed by atoms with van der Waals surface area (Å²) in [6.45, 7) is 2.19. The zero-order valence-electron chi connectivity index (χ0n) is 12.7. The molecule has 0 aromatic heterocycles. The van der Waals surface area contributed by atoms with Gasteiger partial charge in [0, 0.05) is 36.8 Å². The van der Waals surface area contributed by atoms with Crippen molar-refractivity contribution >= 4 is 17.5 Å². The number of halogens is 2. The predicted octanol–water partition coefficient (Wildman–Crippen LogP) is 1.43. The molecule has 23 heavy (non-hydrogen) atoms. The van der Waals surface area contributed by atoms with Crippen LogP contribution in [0.5, 0.6) is 0 Å². The first kappa shape index (κ1) is 16.6. The number of carbonyl (C=O) groups excluding carboxylic acids is 1. The maximum absolute atomic E-state index is 13.8. The van der Waals surface area contributed by atoms with Gasteiger partial charge in [0.25, 0.3) is 5.91 Å². The highest BCUT2D eigenvalue weighted by molar-refractivity contribution is 6.30. The molecule has 0 aliphatic carbocycles. The normalized spacial score (nSPS) is 27.7. The first-order valence-electron chi connectivity index (χ1n) is 7.79. The Morgan fingerprint density at radius 2 is 2.30 bits per heavy atom. The Hall–Kier alpha value is -1.21. The van der Waals surface area contributed by atoms with E-state index in [9.17, 15) is 9.18 Å². The molecule has 3 atom stereocenters. The van der Waals surface area contributed by atoms with E-state index in [1.807, 2.05) is 0 Å². The van der Waals surface area contributed by atoms with Crippen LogP contribution in [-0.2, 0) is 4.74 Å². The van der Waals surface area contributed by atoms with Gasteiger partial charge in [-0.1, -0.05) is 11.6 Å². The number of benzene rings is 1. The molecule has 2 saturated heterocycles. The van der Waals surface area contributed by atoms with Crippen LogP contribution in [0, 0.1) is 5.82 Å². The molecule has 7 heteroatoms. The van der Waals surface area contributed by atoms with Gasteiger partial charge in [-0.2, -0.15) is 0 Å². The van der Waals surface area contributed by atoms with Crippen LogP contribution in [0.4, 0.5) is 4.39 Å². The number of hydrogen-bond donors (Lipinski definition) is 2. The molecule has 2 heterocycles. The molecule has 0 radical (unpaired) electrons. The first-order chi connectivity index (χ1) is 11.1. The molecule has 1 aromatic carbocycles. The topological polar surface area (TPSA) is 61.8 Å². The van der Waals surface area contributed by atoms with E-state index in [1.54, 1.807) is 0 Å². The third-order valence-electron chi connectivity index (χ3n) is 4.45. The summed E-state index contributed by atoms with van der Waals surface area (Å²) in [7, 11) is 0. The summed E-state index contributed by atoms with van der Waals surface area (Å²) >= 11 is 5.70. The molecule has 1 amide bonds. The van der Waals surface area contributed by atoms with Crippen LogP contribution >= 0.6 is 11.6 Å². The number of carbonyl (C=O) groups is 1. The van der Waals surface area contributed by atoms with Crippen molar-refractivity contribution in [1.29, 1.82) is 0 Å². The van der Waals surface area contributed by atoms with Gasteiger partial charge in [0.1, 0.15) is 5.82 Å². The summed E-state index contributed by atoms with van der Waals surface area (Å²) in [5, 5.41) is 12.2. The molecular weight excluding hydrogens is 323 g/mol. The lowest BCUT2D eigenvalue weighted by Gasteiger charge is -2.34. The minimum Gasteiger partial charge on any atom is -0.396 e. The third kappa shape index (κ3) is 3.83. The van der Waals surface area contributed by atoms with Gasteiger partial charge in [-0.15, -0.1) is 0 Å². The van der Waals surface area contributed by atoms with Crippen LogP contribution < -0.4 is 5.32 Å². The summed E-state index contributed by atoms with van der Waals surface area (Å²) in [4.78, 5) is 14.5. The van der Waals surface area contributed by atoms with E-state index in [1.165, 1.54) is 12.1 Å². The van der Waals surface area contributed by atoms with Gasteiger partial charge in [0.15, 0.2) is 0 Å². The smallest absolute Gasteiger partial charge is 0.254 e. The van der Waals surface area contributed by atoms with Crippen LogP contribution in [-0.4, -0.2) is 60.4 Å². The lowest BCUT2D eigenvalue weighted by molar-refractivity contribution is -0.0566. The number of amides is 1. The number of morpholine rings is 1. The van der Waals surface area contributed by atoms with Crippen LogP contribution in [0.15, 0.2) is 18.2 Å². The lowest BCUT2D eigenvalue weighted by atomic mass is 10.1. The molecule has 0 saturated carbocycles. The van der Waals surface area contributed by atoms with E-state index in [4.69, 9.17) is 21.4 Å². The second kappa shape index (κ2) is 7.13. The molecule has 2 N–H and O–H groups in total. The summed E-state index contributed by atoms with van der Waals surface area (Å²) < 4.78 is 19.5. The average molecular weight is 343 g/mol. The maximum atomic E-state index is 13.8. The number of nitrogens with zero attached hydrogens (tertiary/aromatic N) is 1. The Labute approximate surface area is 139 Å². The fraction of sp³-hybridized carbons (Fsp3) is 0.562. The minimum atomic E-state index is -0.614. The molecule has 126 valence electrons. The second-order valence-corrected chi connectivity index (χ2v) is 6.54.